The van der Waals surface area contributed by atoms with E-state index in [1.54, 1.807) is 23.0 Å². The molecule has 0 spiro atoms. The van der Waals surface area contributed by atoms with E-state index >= 15 is 0 Å². The second-order valence-electron chi connectivity index (χ2n) is 8.74. The fraction of sp³-hybridized carbons (Fsp3) is 0.296. The van der Waals surface area contributed by atoms with Gasteiger partial charge in [0.1, 0.15) is 0 Å². The van der Waals surface area contributed by atoms with Crippen LogP contribution in [0.5, 0.6) is 0 Å². The van der Waals surface area contributed by atoms with Gasteiger partial charge in [-0.2, -0.15) is 5.10 Å². The molecule has 6 nitrogen and oxygen atoms in total. The topological polar surface area (TPSA) is 58.4 Å². The summed E-state index contributed by atoms with van der Waals surface area (Å²) in [6.07, 6.45) is 3.90. The van der Waals surface area contributed by atoms with Gasteiger partial charge in [0.25, 0.3) is 0 Å². The molecule has 0 bridgehead atoms. The number of halogens is 1. The lowest BCUT2D eigenvalue weighted by Crippen LogP contribution is -2.36. The third kappa shape index (κ3) is 4.77. The normalized spacial score (nSPS) is 14.7. The molecule has 1 aromatic heterocycles. The summed E-state index contributed by atoms with van der Waals surface area (Å²) in [7, 11) is 1.80. The van der Waals surface area contributed by atoms with Crippen molar-refractivity contribution in [3.63, 3.8) is 0 Å². The number of aryl methyl sites for hydroxylation is 1. The van der Waals surface area contributed by atoms with Gasteiger partial charge in [0.05, 0.1) is 24.7 Å². The molecule has 7 heteroatoms. The van der Waals surface area contributed by atoms with Crippen molar-refractivity contribution in [2.24, 2.45) is 0 Å². The Bertz CT molecular complexity index is 1260. The summed E-state index contributed by atoms with van der Waals surface area (Å²) in [4.78, 5) is 28.9. The molecule has 0 saturated heterocycles. The molecule has 4 rings (SSSR count). The van der Waals surface area contributed by atoms with Gasteiger partial charge in [-0.15, -0.1) is 0 Å². The van der Waals surface area contributed by atoms with Crippen molar-refractivity contribution in [2.75, 3.05) is 7.05 Å². The van der Waals surface area contributed by atoms with Crippen LogP contribution in [-0.4, -0.2) is 38.4 Å². The van der Waals surface area contributed by atoms with Crippen LogP contribution in [0.25, 0.3) is 6.08 Å². The molecular weight excluding hydrogens is 448 g/mol. The van der Waals surface area contributed by atoms with Crippen molar-refractivity contribution in [3.8, 4) is 0 Å². The van der Waals surface area contributed by atoms with E-state index in [1.165, 1.54) is 6.92 Å². The minimum absolute atomic E-state index is 0.0287. The Morgan fingerprint density at radius 1 is 1.09 bits per heavy atom. The average molecular weight is 477 g/mol. The van der Waals surface area contributed by atoms with Crippen molar-refractivity contribution in [1.82, 2.24) is 19.6 Å². The maximum atomic E-state index is 13.3. The minimum atomic E-state index is -0.321. The fourth-order valence-electron chi connectivity index (χ4n) is 4.46. The van der Waals surface area contributed by atoms with Gasteiger partial charge in [-0.1, -0.05) is 54.1 Å². The van der Waals surface area contributed by atoms with E-state index < -0.39 is 0 Å². The maximum Gasteiger partial charge on any atom is 0.225 e. The number of carbonyl (C=O) groups excluding carboxylic acids is 2. The summed E-state index contributed by atoms with van der Waals surface area (Å²) in [5.41, 5.74) is 5.94. The van der Waals surface area contributed by atoms with Crippen LogP contribution in [0, 0.1) is 13.8 Å². The molecule has 1 aliphatic rings. The minimum Gasteiger partial charge on any atom is -0.341 e. The zero-order chi connectivity index (χ0) is 24.4. The van der Waals surface area contributed by atoms with Crippen molar-refractivity contribution >= 4 is 29.5 Å². The van der Waals surface area contributed by atoms with Crippen molar-refractivity contribution in [3.05, 3.63) is 93.4 Å². The third-order valence-corrected chi connectivity index (χ3v) is 6.84. The Morgan fingerprint density at radius 3 is 2.53 bits per heavy atom. The molecule has 0 aliphatic carbocycles. The van der Waals surface area contributed by atoms with Crippen molar-refractivity contribution in [1.29, 1.82) is 0 Å². The number of aromatic nitrogens is 2. The van der Waals surface area contributed by atoms with Gasteiger partial charge in [0.2, 0.25) is 11.8 Å². The van der Waals surface area contributed by atoms with Gasteiger partial charge in [0, 0.05) is 43.0 Å². The molecular formula is C27H29ClN4O2. The fourth-order valence-corrected chi connectivity index (χ4v) is 4.66. The Labute approximate surface area is 205 Å². The van der Waals surface area contributed by atoms with Gasteiger partial charge < -0.3 is 9.80 Å². The number of benzene rings is 2. The number of nitrogens with zero attached hydrogens (tertiary/aromatic N) is 4. The van der Waals surface area contributed by atoms with Crippen LogP contribution >= 0.6 is 11.6 Å². The quantitative estimate of drug-likeness (QED) is 0.496. The zero-order valence-electron chi connectivity index (χ0n) is 20.0. The first-order valence-electron chi connectivity index (χ1n) is 11.3. The Hall–Kier alpha value is -3.38. The van der Waals surface area contributed by atoms with E-state index in [0.29, 0.717) is 18.1 Å². The lowest BCUT2D eigenvalue weighted by molar-refractivity contribution is -0.134. The second kappa shape index (κ2) is 9.85. The highest BCUT2D eigenvalue weighted by Crippen LogP contribution is 2.33. The Kier molecular flexibility index (Phi) is 6.89. The van der Waals surface area contributed by atoms with Crippen LogP contribution in [0.3, 0.4) is 0 Å². The summed E-state index contributed by atoms with van der Waals surface area (Å²) < 4.78 is 1.93. The summed E-state index contributed by atoms with van der Waals surface area (Å²) in [6.45, 7) is 6.53. The van der Waals surface area contributed by atoms with Gasteiger partial charge in [-0.25, -0.2) is 0 Å². The molecule has 3 aromatic rings. The first kappa shape index (κ1) is 23.8. The summed E-state index contributed by atoms with van der Waals surface area (Å²) in [6, 6.07) is 15.3. The zero-order valence-corrected chi connectivity index (χ0v) is 20.7. The van der Waals surface area contributed by atoms with Crippen LogP contribution in [0.1, 0.15) is 53.0 Å². The van der Waals surface area contributed by atoms with Gasteiger partial charge in [-0.05, 0) is 42.7 Å². The lowest BCUT2D eigenvalue weighted by Gasteiger charge is -2.33. The molecule has 0 fully saturated rings. The molecule has 1 atom stereocenters. The van der Waals surface area contributed by atoms with Crippen LogP contribution in [0.15, 0.2) is 54.7 Å². The molecule has 34 heavy (non-hydrogen) atoms. The van der Waals surface area contributed by atoms with E-state index in [4.69, 9.17) is 16.7 Å². The molecule has 0 N–H and O–H groups in total. The molecule has 2 heterocycles. The second-order valence-corrected chi connectivity index (χ2v) is 9.15. The molecule has 176 valence electrons. The summed E-state index contributed by atoms with van der Waals surface area (Å²) >= 11 is 6.33. The van der Waals surface area contributed by atoms with Gasteiger partial charge in [0.15, 0.2) is 0 Å². The number of amides is 2. The van der Waals surface area contributed by atoms with Crippen molar-refractivity contribution in [2.45, 2.75) is 46.3 Å². The standard InChI is InChI=1S/C27H29ClN4O2/c1-18-24(19(2)32(29-18)16-22-10-6-8-12-25(22)28)17-30(4)27(34)15-26-23-11-7-5-9-21(23)13-14-31(26)20(3)33/h5-14,26H,15-17H2,1-4H3. The van der Waals surface area contributed by atoms with Crippen LogP contribution in [0.4, 0.5) is 0 Å². The van der Waals surface area contributed by atoms with Gasteiger partial charge in [-0.3, -0.25) is 14.3 Å². The van der Waals surface area contributed by atoms with E-state index in [0.717, 1.165) is 33.6 Å². The number of carbonyl (C=O) groups is 2. The van der Waals surface area contributed by atoms with Crippen LogP contribution in [-0.2, 0) is 22.7 Å². The van der Waals surface area contributed by atoms with Crippen LogP contribution < -0.4 is 0 Å². The van der Waals surface area contributed by atoms with E-state index in [-0.39, 0.29) is 24.3 Å². The van der Waals surface area contributed by atoms with E-state index in [1.807, 2.05) is 73.1 Å². The highest BCUT2D eigenvalue weighted by Gasteiger charge is 2.29. The Balaban J connectivity index is 1.51. The van der Waals surface area contributed by atoms with Crippen LogP contribution in [0.2, 0.25) is 5.02 Å². The highest BCUT2D eigenvalue weighted by molar-refractivity contribution is 6.31. The monoisotopic (exact) mass is 476 g/mol. The lowest BCUT2D eigenvalue weighted by atomic mass is 9.93. The molecule has 1 aliphatic heterocycles. The predicted molar refractivity (Wildman–Crippen MR) is 134 cm³/mol. The maximum absolute atomic E-state index is 13.3. The number of rotatable bonds is 6. The molecule has 2 aromatic carbocycles. The first-order valence-corrected chi connectivity index (χ1v) is 11.7. The molecule has 0 radical (unpaired) electrons. The SMILES string of the molecule is CC(=O)N1C=Cc2ccccc2C1CC(=O)N(C)Cc1c(C)nn(Cc2ccccc2Cl)c1C. The van der Waals surface area contributed by atoms with E-state index in [9.17, 15) is 9.59 Å². The smallest absolute Gasteiger partial charge is 0.225 e. The molecule has 2 amide bonds. The highest BCUT2D eigenvalue weighted by atomic mass is 35.5. The largest absolute Gasteiger partial charge is 0.341 e. The van der Waals surface area contributed by atoms with Gasteiger partial charge >= 0.3 is 0 Å². The number of hydrogen-bond acceptors (Lipinski definition) is 3. The Morgan fingerprint density at radius 2 is 1.79 bits per heavy atom. The number of hydrogen-bond donors (Lipinski definition) is 0. The predicted octanol–water partition coefficient (Wildman–Crippen LogP) is 5.12. The molecule has 0 saturated carbocycles. The third-order valence-electron chi connectivity index (χ3n) is 6.47. The summed E-state index contributed by atoms with van der Waals surface area (Å²) in [5.74, 6) is -0.113. The van der Waals surface area contributed by atoms with E-state index in [2.05, 4.69) is 0 Å². The number of fused-ring (bicyclic) bond motifs is 1. The summed E-state index contributed by atoms with van der Waals surface area (Å²) in [5, 5.41) is 5.41. The van der Waals surface area contributed by atoms with Crippen molar-refractivity contribution < 1.29 is 9.59 Å². The molecule has 1 unspecified atom stereocenters. The first-order chi connectivity index (χ1) is 16.3. The average Bonchev–Trinajstić information content (AvgIpc) is 3.07.